The third kappa shape index (κ3) is 2.72. The molecule has 1 fully saturated rings. The van der Waals surface area contributed by atoms with Crippen LogP contribution in [0.5, 0.6) is 0 Å². The minimum absolute atomic E-state index is 0.187. The molecule has 0 bridgehead atoms. The van der Waals surface area contributed by atoms with Gasteiger partial charge in [0.05, 0.1) is 5.92 Å². The molecule has 2 unspecified atom stereocenters. The minimum atomic E-state index is -0.686. The molecule has 13 heavy (non-hydrogen) atoms. The molecule has 4 nitrogen and oxygen atoms in total. The van der Waals surface area contributed by atoms with Crippen LogP contribution in [0.2, 0.25) is 0 Å². The first-order valence-corrected chi connectivity index (χ1v) is 4.65. The van der Waals surface area contributed by atoms with Crippen LogP contribution in [0.3, 0.4) is 0 Å². The predicted octanol–water partition coefficient (Wildman–Crippen LogP) is 0.623. The van der Waals surface area contributed by atoms with Gasteiger partial charge in [-0.25, -0.2) is 0 Å². The minimum Gasteiger partial charge on any atom is -0.481 e. The maximum absolute atomic E-state index is 10.8. The van der Waals surface area contributed by atoms with Crippen LogP contribution >= 0.6 is 0 Å². The normalized spacial score (nSPS) is 27.1. The van der Waals surface area contributed by atoms with E-state index in [1.807, 2.05) is 0 Å². The first-order chi connectivity index (χ1) is 6.25. The van der Waals surface area contributed by atoms with Gasteiger partial charge >= 0.3 is 5.97 Å². The first kappa shape index (κ1) is 10.0. The molecule has 0 saturated heterocycles. The molecule has 0 aromatic rings. The van der Waals surface area contributed by atoms with Gasteiger partial charge in [0.1, 0.15) is 0 Å². The number of amides is 1. The van der Waals surface area contributed by atoms with E-state index in [4.69, 9.17) is 5.11 Å². The molecule has 1 amide bonds. The quantitative estimate of drug-likeness (QED) is 0.487. The van der Waals surface area contributed by atoms with E-state index in [0.717, 1.165) is 25.7 Å². The van der Waals surface area contributed by atoms with E-state index in [0.29, 0.717) is 13.0 Å². The molecule has 2 atom stereocenters. The van der Waals surface area contributed by atoms with Gasteiger partial charge in [0.2, 0.25) is 6.41 Å². The van der Waals surface area contributed by atoms with Crippen LogP contribution < -0.4 is 5.32 Å². The summed E-state index contributed by atoms with van der Waals surface area (Å²) >= 11 is 0. The van der Waals surface area contributed by atoms with Gasteiger partial charge < -0.3 is 10.4 Å². The zero-order valence-corrected chi connectivity index (χ0v) is 7.53. The van der Waals surface area contributed by atoms with Gasteiger partial charge in [-0.1, -0.05) is 6.42 Å². The van der Waals surface area contributed by atoms with Gasteiger partial charge in [-0.3, -0.25) is 9.59 Å². The number of carboxylic acids is 1. The summed E-state index contributed by atoms with van der Waals surface area (Å²) in [5, 5.41) is 11.4. The monoisotopic (exact) mass is 185 g/mol. The van der Waals surface area contributed by atoms with E-state index in [9.17, 15) is 9.59 Å². The van der Waals surface area contributed by atoms with Crippen molar-refractivity contribution in [1.82, 2.24) is 5.32 Å². The number of carboxylic acid groups (broad SMARTS) is 1. The lowest BCUT2D eigenvalue weighted by Gasteiger charge is -2.14. The highest BCUT2D eigenvalue weighted by atomic mass is 16.4. The van der Waals surface area contributed by atoms with Crippen LogP contribution in [0, 0.1) is 11.8 Å². The van der Waals surface area contributed by atoms with E-state index >= 15 is 0 Å². The maximum atomic E-state index is 10.8. The smallest absolute Gasteiger partial charge is 0.306 e. The predicted molar refractivity (Wildman–Crippen MR) is 47.2 cm³/mol. The van der Waals surface area contributed by atoms with Crippen molar-refractivity contribution in [3.8, 4) is 0 Å². The molecular weight excluding hydrogens is 170 g/mol. The van der Waals surface area contributed by atoms with Gasteiger partial charge in [0, 0.05) is 6.54 Å². The van der Waals surface area contributed by atoms with Crippen molar-refractivity contribution in [2.45, 2.75) is 25.7 Å². The fourth-order valence-corrected chi connectivity index (χ4v) is 2.04. The van der Waals surface area contributed by atoms with Crippen molar-refractivity contribution in [2.24, 2.45) is 11.8 Å². The third-order valence-corrected chi connectivity index (χ3v) is 2.72. The lowest BCUT2D eigenvalue weighted by Crippen LogP contribution is -2.22. The summed E-state index contributed by atoms with van der Waals surface area (Å²) in [6.07, 6.45) is 4.22. The number of carbonyl (C=O) groups excluding carboxylic acids is 1. The van der Waals surface area contributed by atoms with E-state index in [2.05, 4.69) is 5.32 Å². The average molecular weight is 185 g/mol. The van der Waals surface area contributed by atoms with Crippen LogP contribution in [0.4, 0.5) is 0 Å². The van der Waals surface area contributed by atoms with Crippen molar-refractivity contribution in [3.05, 3.63) is 0 Å². The average Bonchev–Trinajstić information content (AvgIpc) is 2.53. The van der Waals surface area contributed by atoms with Crippen LogP contribution in [0.15, 0.2) is 0 Å². The summed E-state index contributed by atoms with van der Waals surface area (Å²) in [6, 6.07) is 0. The summed E-state index contributed by atoms with van der Waals surface area (Å²) in [7, 11) is 0. The van der Waals surface area contributed by atoms with Gasteiger partial charge in [0.15, 0.2) is 0 Å². The summed E-state index contributed by atoms with van der Waals surface area (Å²) in [5.74, 6) is -0.619. The van der Waals surface area contributed by atoms with Crippen LogP contribution in [0.1, 0.15) is 25.7 Å². The van der Waals surface area contributed by atoms with E-state index in [1.165, 1.54) is 0 Å². The van der Waals surface area contributed by atoms with Gasteiger partial charge in [0.25, 0.3) is 0 Å². The Hall–Kier alpha value is -1.06. The summed E-state index contributed by atoms with van der Waals surface area (Å²) < 4.78 is 0. The van der Waals surface area contributed by atoms with Gasteiger partial charge in [-0.05, 0) is 25.2 Å². The van der Waals surface area contributed by atoms with Gasteiger partial charge in [-0.2, -0.15) is 0 Å². The number of carbonyl (C=O) groups is 2. The first-order valence-electron chi connectivity index (χ1n) is 4.65. The molecule has 2 N–H and O–H groups in total. The van der Waals surface area contributed by atoms with Crippen molar-refractivity contribution in [3.63, 3.8) is 0 Å². The number of aliphatic carboxylic acids is 1. The lowest BCUT2D eigenvalue weighted by molar-refractivity contribution is -0.142. The Morgan fingerprint density at radius 3 is 2.92 bits per heavy atom. The molecule has 0 heterocycles. The Morgan fingerprint density at radius 2 is 2.31 bits per heavy atom. The molecule has 0 aliphatic heterocycles. The highest BCUT2D eigenvalue weighted by Gasteiger charge is 2.31. The molecule has 0 aromatic heterocycles. The lowest BCUT2D eigenvalue weighted by atomic mass is 9.93. The molecule has 0 radical (unpaired) electrons. The molecule has 1 aliphatic rings. The molecule has 1 rings (SSSR count). The van der Waals surface area contributed by atoms with E-state index < -0.39 is 5.97 Å². The molecule has 0 spiro atoms. The summed E-state index contributed by atoms with van der Waals surface area (Å²) in [4.78, 5) is 20.7. The standard InChI is InChI=1S/C9H15NO3/c11-6-10-5-4-7-2-1-3-8(7)9(12)13/h6-8H,1-5H2,(H,10,11)(H,12,13). The fourth-order valence-electron chi connectivity index (χ4n) is 2.04. The molecule has 0 aromatic carbocycles. The molecule has 1 saturated carbocycles. The largest absolute Gasteiger partial charge is 0.481 e. The summed E-state index contributed by atoms with van der Waals surface area (Å²) in [6.45, 7) is 0.595. The topological polar surface area (TPSA) is 66.4 Å². The zero-order valence-electron chi connectivity index (χ0n) is 7.53. The van der Waals surface area contributed by atoms with Crippen molar-refractivity contribution in [1.29, 1.82) is 0 Å². The van der Waals surface area contributed by atoms with Crippen LogP contribution in [-0.4, -0.2) is 24.0 Å². The number of rotatable bonds is 5. The number of nitrogens with one attached hydrogen (secondary N) is 1. The Kier molecular flexibility index (Phi) is 3.73. The highest BCUT2D eigenvalue weighted by Crippen LogP contribution is 2.33. The second-order valence-electron chi connectivity index (χ2n) is 3.50. The zero-order chi connectivity index (χ0) is 9.68. The van der Waals surface area contributed by atoms with Crippen molar-refractivity contribution >= 4 is 12.4 Å². The fraction of sp³-hybridized carbons (Fsp3) is 0.778. The number of hydrogen-bond donors (Lipinski definition) is 2. The van der Waals surface area contributed by atoms with Crippen LogP contribution in [0.25, 0.3) is 0 Å². The molecule has 74 valence electrons. The van der Waals surface area contributed by atoms with Crippen molar-refractivity contribution < 1.29 is 14.7 Å². The maximum Gasteiger partial charge on any atom is 0.306 e. The Balaban J connectivity index is 2.31. The van der Waals surface area contributed by atoms with E-state index in [-0.39, 0.29) is 11.8 Å². The second-order valence-corrected chi connectivity index (χ2v) is 3.50. The van der Waals surface area contributed by atoms with Crippen LogP contribution in [-0.2, 0) is 9.59 Å². The second kappa shape index (κ2) is 4.84. The number of hydrogen-bond acceptors (Lipinski definition) is 2. The Bertz CT molecular complexity index is 193. The molecule has 4 heteroatoms. The Labute approximate surface area is 77.3 Å². The summed E-state index contributed by atoms with van der Waals surface area (Å²) in [5.41, 5.74) is 0. The molecule has 1 aliphatic carbocycles. The van der Waals surface area contributed by atoms with Gasteiger partial charge in [-0.15, -0.1) is 0 Å². The SMILES string of the molecule is O=CNCCC1CCCC1C(=O)O. The van der Waals surface area contributed by atoms with Crippen molar-refractivity contribution in [2.75, 3.05) is 6.54 Å². The molecular formula is C9H15NO3. The Morgan fingerprint density at radius 1 is 1.54 bits per heavy atom. The van der Waals surface area contributed by atoms with E-state index in [1.54, 1.807) is 0 Å². The third-order valence-electron chi connectivity index (χ3n) is 2.72. The highest BCUT2D eigenvalue weighted by molar-refractivity contribution is 5.70.